The quantitative estimate of drug-likeness (QED) is 0.487. The Morgan fingerprint density at radius 1 is 1.38 bits per heavy atom. The van der Waals surface area contributed by atoms with E-state index in [-0.39, 0.29) is 6.42 Å². The van der Waals surface area contributed by atoms with Crippen molar-refractivity contribution in [3.63, 3.8) is 0 Å². The third kappa shape index (κ3) is 4.46. The van der Waals surface area contributed by atoms with E-state index in [4.69, 9.17) is 15.7 Å². The normalized spacial score (nSPS) is 15.9. The number of carbonyl (C=O) groups excluding carboxylic acids is 2. The van der Waals surface area contributed by atoms with E-state index in [2.05, 4.69) is 0 Å². The zero-order valence-electron chi connectivity index (χ0n) is 14.0. The second kappa shape index (κ2) is 8.65. The third-order valence-electron chi connectivity index (χ3n) is 4.22. The molecule has 0 unspecified atom stereocenters. The molecule has 2 rings (SSSR count). The summed E-state index contributed by atoms with van der Waals surface area (Å²) in [7, 11) is 0. The first-order valence-corrected chi connectivity index (χ1v) is 8.30. The van der Waals surface area contributed by atoms with Crippen LogP contribution < -0.4 is 16.0 Å². The number of hydrogen-bond donors (Lipinski definition) is 3. The van der Waals surface area contributed by atoms with Crippen molar-refractivity contribution in [1.82, 2.24) is 10.4 Å². The average Bonchev–Trinajstić information content (AvgIpc) is 3.11. The molecular weight excluding hydrogens is 310 g/mol. The van der Waals surface area contributed by atoms with Gasteiger partial charge in [-0.25, -0.2) is 5.48 Å². The summed E-state index contributed by atoms with van der Waals surface area (Å²) in [5, 5.41) is 9.05. The Morgan fingerprint density at radius 2 is 2.08 bits per heavy atom. The van der Waals surface area contributed by atoms with Gasteiger partial charge in [0.15, 0.2) is 0 Å². The maximum absolute atomic E-state index is 12.1. The van der Waals surface area contributed by atoms with Gasteiger partial charge in [-0.2, -0.15) is 0 Å². The first-order chi connectivity index (χ1) is 11.6. The fraction of sp³-hybridized carbons (Fsp3) is 0.529. The van der Waals surface area contributed by atoms with Crippen LogP contribution in [0.15, 0.2) is 18.2 Å². The highest BCUT2D eigenvalue weighted by Gasteiger charge is 2.29. The van der Waals surface area contributed by atoms with Crippen molar-refractivity contribution in [3.8, 4) is 5.75 Å². The molecule has 24 heavy (non-hydrogen) atoms. The number of likely N-dealkylation sites (tertiary alicyclic amines) is 1. The van der Waals surface area contributed by atoms with Gasteiger partial charge in [0, 0.05) is 5.56 Å². The summed E-state index contributed by atoms with van der Waals surface area (Å²) < 4.78 is 5.61. The molecule has 1 atom stereocenters. The van der Waals surface area contributed by atoms with Crippen LogP contribution in [0.25, 0.3) is 0 Å². The predicted octanol–water partition coefficient (Wildman–Crippen LogP) is 1.09. The molecule has 0 radical (unpaired) electrons. The number of carbonyl (C=O) groups is 2. The number of nitrogens with one attached hydrogen (secondary N) is 1. The molecule has 1 aliphatic heterocycles. The maximum Gasteiger partial charge on any atom is 0.261 e. The molecule has 2 amide bonds. The lowest BCUT2D eigenvalue weighted by molar-refractivity contribution is -0.134. The third-order valence-corrected chi connectivity index (χ3v) is 4.22. The molecule has 0 spiro atoms. The van der Waals surface area contributed by atoms with Crippen molar-refractivity contribution < 1.29 is 19.5 Å². The molecule has 0 aliphatic carbocycles. The summed E-state index contributed by atoms with van der Waals surface area (Å²) in [5.41, 5.74) is 8.21. The van der Waals surface area contributed by atoms with Gasteiger partial charge in [-0.1, -0.05) is 6.92 Å². The summed E-state index contributed by atoms with van der Waals surface area (Å²) in [5.74, 6) is -0.384. The Balaban J connectivity index is 2.28. The van der Waals surface area contributed by atoms with Crippen LogP contribution in [-0.4, -0.2) is 47.7 Å². The maximum atomic E-state index is 12.1. The van der Waals surface area contributed by atoms with E-state index < -0.39 is 17.9 Å². The van der Waals surface area contributed by atoms with Crippen LogP contribution in [-0.2, 0) is 11.2 Å². The zero-order chi connectivity index (χ0) is 17.5. The fourth-order valence-corrected chi connectivity index (χ4v) is 3.01. The van der Waals surface area contributed by atoms with Crippen LogP contribution >= 0.6 is 0 Å². The number of primary amides is 1. The Labute approximate surface area is 141 Å². The Hall–Kier alpha value is -2.12. The van der Waals surface area contributed by atoms with Crippen molar-refractivity contribution in [1.29, 1.82) is 0 Å². The Kier molecular flexibility index (Phi) is 6.57. The minimum atomic E-state index is -0.545. The van der Waals surface area contributed by atoms with Gasteiger partial charge in [0.05, 0.1) is 12.6 Å². The number of benzene rings is 1. The molecule has 1 aromatic carbocycles. The number of rotatable bonds is 8. The Bertz CT molecular complexity index is 585. The summed E-state index contributed by atoms with van der Waals surface area (Å²) in [4.78, 5) is 25.8. The number of nitrogens with two attached hydrogens (primary N) is 1. The largest absolute Gasteiger partial charge is 0.494 e. The van der Waals surface area contributed by atoms with Gasteiger partial charge >= 0.3 is 0 Å². The minimum absolute atomic E-state index is 0.286. The van der Waals surface area contributed by atoms with E-state index >= 15 is 0 Å². The summed E-state index contributed by atoms with van der Waals surface area (Å²) >= 11 is 0. The second-order valence-electron chi connectivity index (χ2n) is 5.97. The van der Waals surface area contributed by atoms with Crippen molar-refractivity contribution in [2.24, 2.45) is 5.73 Å². The van der Waals surface area contributed by atoms with Crippen LogP contribution in [0.5, 0.6) is 5.75 Å². The molecule has 1 fully saturated rings. The van der Waals surface area contributed by atoms with Crippen molar-refractivity contribution in [2.45, 2.75) is 38.6 Å². The highest BCUT2D eigenvalue weighted by Crippen LogP contribution is 2.23. The lowest BCUT2D eigenvalue weighted by Gasteiger charge is -2.26. The molecule has 4 N–H and O–H groups in total. The molecule has 0 bridgehead atoms. The molecular formula is C17H25N3O4. The van der Waals surface area contributed by atoms with E-state index in [0.717, 1.165) is 32.4 Å². The topological polar surface area (TPSA) is 105 Å². The number of amides is 2. The zero-order valence-corrected chi connectivity index (χ0v) is 14.0. The van der Waals surface area contributed by atoms with Gasteiger partial charge in [-0.15, -0.1) is 0 Å². The molecule has 1 aromatic rings. The van der Waals surface area contributed by atoms with Crippen molar-refractivity contribution in [3.05, 3.63) is 29.3 Å². The SMILES string of the molecule is CCCOc1ccc(C(N)=O)c(C[C@@H](C(=O)NO)N2CCCC2)c1. The number of ether oxygens (including phenoxy) is 1. The van der Waals surface area contributed by atoms with Crippen LogP contribution in [0.3, 0.4) is 0 Å². The molecule has 7 nitrogen and oxygen atoms in total. The molecule has 1 heterocycles. The first-order valence-electron chi connectivity index (χ1n) is 8.30. The van der Waals surface area contributed by atoms with Gasteiger partial charge in [-0.05, 0) is 62.5 Å². The second-order valence-corrected chi connectivity index (χ2v) is 5.97. The number of hydrogen-bond acceptors (Lipinski definition) is 5. The smallest absolute Gasteiger partial charge is 0.261 e. The van der Waals surface area contributed by atoms with Crippen molar-refractivity contribution >= 4 is 11.8 Å². The van der Waals surface area contributed by atoms with E-state index in [1.54, 1.807) is 23.7 Å². The van der Waals surface area contributed by atoms with Gasteiger partial charge in [0.25, 0.3) is 5.91 Å². The molecule has 0 aromatic heterocycles. The molecule has 7 heteroatoms. The molecule has 132 valence electrons. The van der Waals surface area contributed by atoms with E-state index in [0.29, 0.717) is 23.5 Å². The van der Waals surface area contributed by atoms with E-state index in [1.165, 1.54) is 0 Å². The van der Waals surface area contributed by atoms with Gasteiger partial charge in [-0.3, -0.25) is 19.7 Å². The first kappa shape index (κ1) is 18.2. The van der Waals surface area contributed by atoms with E-state index in [9.17, 15) is 9.59 Å². The Morgan fingerprint density at radius 3 is 2.67 bits per heavy atom. The summed E-state index contributed by atoms with van der Waals surface area (Å²) in [6, 6.07) is 4.54. The predicted molar refractivity (Wildman–Crippen MR) is 89.0 cm³/mol. The molecule has 1 saturated heterocycles. The molecule has 0 saturated carbocycles. The van der Waals surface area contributed by atoms with Crippen LogP contribution in [0.1, 0.15) is 42.1 Å². The van der Waals surface area contributed by atoms with Crippen LogP contribution in [0, 0.1) is 0 Å². The lowest BCUT2D eigenvalue weighted by Crippen LogP contribution is -2.46. The van der Waals surface area contributed by atoms with Crippen LogP contribution in [0.4, 0.5) is 0 Å². The van der Waals surface area contributed by atoms with Gasteiger partial charge < -0.3 is 10.5 Å². The van der Waals surface area contributed by atoms with Gasteiger partial charge in [0.1, 0.15) is 5.75 Å². The number of nitrogens with zero attached hydrogens (tertiary/aromatic N) is 1. The standard InChI is InChI=1S/C17H25N3O4/c1-2-9-24-13-5-6-14(16(18)21)12(10-13)11-15(17(22)19-23)20-7-3-4-8-20/h5-6,10,15,23H,2-4,7-9,11H2,1H3,(H2,18,21)(H,19,22)/t15-/m0/s1. The van der Waals surface area contributed by atoms with Crippen molar-refractivity contribution in [2.75, 3.05) is 19.7 Å². The molecule has 1 aliphatic rings. The highest BCUT2D eigenvalue weighted by molar-refractivity contribution is 5.95. The summed E-state index contributed by atoms with van der Waals surface area (Å²) in [6.07, 6.45) is 3.18. The fourth-order valence-electron chi connectivity index (χ4n) is 3.01. The lowest BCUT2D eigenvalue weighted by atomic mass is 9.98. The monoisotopic (exact) mass is 335 g/mol. The highest BCUT2D eigenvalue weighted by atomic mass is 16.5. The number of hydroxylamine groups is 1. The summed E-state index contributed by atoms with van der Waals surface area (Å²) in [6.45, 7) is 4.15. The van der Waals surface area contributed by atoms with Gasteiger partial charge in [0.2, 0.25) is 5.91 Å². The minimum Gasteiger partial charge on any atom is -0.494 e. The van der Waals surface area contributed by atoms with Crippen LogP contribution in [0.2, 0.25) is 0 Å². The van der Waals surface area contributed by atoms with E-state index in [1.807, 2.05) is 11.8 Å². The average molecular weight is 335 g/mol.